The van der Waals surface area contributed by atoms with Crippen molar-refractivity contribution in [3.8, 4) is 0 Å². The molecular weight excluding hydrogens is 244 g/mol. The first-order valence-corrected chi connectivity index (χ1v) is 6.79. The molecule has 0 radical (unpaired) electrons. The number of aromatic nitrogens is 2. The molecule has 2 aliphatic rings. The summed E-state index contributed by atoms with van der Waals surface area (Å²) in [4.78, 5) is 23.9. The quantitative estimate of drug-likeness (QED) is 0.871. The van der Waals surface area contributed by atoms with Crippen molar-refractivity contribution in [2.45, 2.75) is 25.3 Å². The number of aromatic carboxylic acids is 1. The first-order valence-electron chi connectivity index (χ1n) is 6.79. The summed E-state index contributed by atoms with van der Waals surface area (Å²) in [7, 11) is 0. The summed E-state index contributed by atoms with van der Waals surface area (Å²) in [5.41, 5.74) is 0.0598. The van der Waals surface area contributed by atoms with Gasteiger partial charge in [-0.05, 0) is 32.4 Å². The van der Waals surface area contributed by atoms with Gasteiger partial charge in [-0.25, -0.2) is 14.8 Å². The van der Waals surface area contributed by atoms with Crippen molar-refractivity contribution in [1.82, 2.24) is 14.9 Å². The largest absolute Gasteiger partial charge is 0.476 e. The van der Waals surface area contributed by atoms with E-state index in [1.165, 1.54) is 32.1 Å². The Bertz CT molecular complexity index is 473. The van der Waals surface area contributed by atoms with E-state index in [0.29, 0.717) is 11.9 Å². The van der Waals surface area contributed by atoms with Crippen molar-refractivity contribution in [3.63, 3.8) is 0 Å². The Balaban J connectivity index is 1.75. The third kappa shape index (κ3) is 2.40. The maximum atomic E-state index is 11.2. The van der Waals surface area contributed by atoms with E-state index in [-0.39, 0.29) is 5.69 Å². The van der Waals surface area contributed by atoms with Gasteiger partial charge in [0, 0.05) is 31.5 Å². The molecule has 2 fully saturated rings. The normalized spacial score (nSPS) is 24.0. The predicted octanol–water partition coefficient (Wildman–Crippen LogP) is 0.849. The van der Waals surface area contributed by atoms with Crippen LogP contribution in [0.5, 0.6) is 0 Å². The highest BCUT2D eigenvalue weighted by Crippen LogP contribution is 2.25. The molecule has 102 valence electrons. The van der Waals surface area contributed by atoms with Crippen LogP contribution in [0.3, 0.4) is 0 Å². The zero-order valence-electron chi connectivity index (χ0n) is 10.8. The number of likely N-dealkylation sites (tertiary alicyclic amines) is 1. The molecule has 1 aromatic heterocycles. The lowest BCUT2D eigenvalue weighted by Gasteiger charge is -2.24. The van der Waals surface area contributed by atoms with Crippen molar-refractivity contribution in [2.75, 3.05) is 31.1 Å². The molecule has 1 atom stereocenters. The number of carboxylic acids is 1. The van der Waals surface area contributed by atoms with E-state index in [1.54, 1.807) is 6.20 Å². The maximum Gasteiger partial charge on any atom is 0.358 e. The number of rotatable bonds is 3. The SMILES string of the molecule is O=C(O)c1nccnc1N1CCC(N2CCCC2)C1. The first kappa shape index (κ1) is 12.3. The third-order valence-electron chi connectivity index (χ3n) is 4.00. The Morgan fingerprint density at radius 1 is 1.21 bits per heavy atom. The van der Waals surface area contributed by atoms with Gasteiger partial charge in [0.05, 0.1) is 0 Å². The zero-order valence-corrected chi connectivity index (χ0v) is 10.8. The third-order valence-corrected chi connectivity index (χ3v) is 4.00. The maximum absolute atomic E-state index is 11.2. The summed E-state index contributed by atoms with van der Waals surface area (Å²) >= 11 is 0. The van der Waals surface area contributed by atoms with Crippen LogP contribution in [-0.2, 0) is 0 Å². The fourth-order valence-corrected chi connectivity index (χ4v) is 3.05. The highest BCUT2D eigenvalue weighted by atomic mass is 16.4. The molecule has 3 heterocycles. The van der Waals surface area contributed by atoms with Crippen molar-refractivity contribution >= 4 is 11.8 Å². The van der Waals surface area contributed by atoms with Crippen LogP contribution in [0.15, 0.2) is 12.4 Å². The van der Waals surface area contributed by atoms with Crippen LogP contribution < -0.4 is 4.90 Å². The summed E-state index contributed by atoms with van der Waals surface area (Å²) in [6, 6.07) is 0.533. The van der Waals surface area contributed by atoms with Gasteiger partial charge < -0.3 is 10.0 Å². The Labute approximate surface area is 112 Å². The fourth-order valence-electron chi connectivity index (χ4n) is 3.05. The van der Waals surface area contributed by atoms with Gasteiger partial charge in [0.2, 0.25) is 0 Å². The van der Waals surface area contributed by atoms with Gasteiger partial charge in [-0.2, -0.15) is 0 Å². The summed E-state index contributed by atoms with van der Waals surface area (Å²) in [6.07, 6.45) is 6.63. The van der Waals surface area contributed by atoms with Gasteiger partial charge in [0.15, 0.2) is 11.5 Å². The van der Waals surface area contributed by atoms with E-state index < -0.39 is 5.97 Å². The Kier molecular flexibility index (Phi) is 3.33. The monoisotopic (exact) mass is 262 g/mol. The highest BCUT2D eigenvalue weighted by Gasteiger charge is 2.31. The molecule has 6 heteroatoms. The number of anilines is 1. The topological polar surface area (TPSA) is 69.6 Å². The summed E-state index contributed by atoms with van der Waals surface area (Å²) in [5, 5.41) is 9.16. The minimum Gasteiger partial charge on any atom is -0.476 e. The lowest BCUT2D eigenvalue weighted by molar-refractivity contribution is 0.0690. The molecule has 2 saturated heterocycles. The Morgan fingerprint density at radius 2 is 1.95 bits per heavy atom. The van der Waals surface area contributed by atoms with E-state index in [2.05, 4.69) is 19.8 Å². The van der Waals surface area contributed by atoms with E-state index in [9.17, 15) is 4.79 Å². The molecular formula is C13H18N4O2. The van der Waals surface area contributed by atoms with Gasteiger partial charge in [0.1, 0.15) is 0 Å². The molecule has 2 aliphatic heterocycles. The van der Waals surface area contributed by atoms with Crippen molar-refractivity contribution < 1.29 is 9.90 Å². The van der Waals surface area contributed by atoms with Crippen molar-refractivity contribution in [3.05, 3.63) is 18.1 Å². The second-order valence-corrected chi connectivity index (χ2v) is 5.17. The lowest BCUT2D eigenvalue weighted by Crippen LogP contribution is -2.35. The van der Waals surface area contributed by atoms with Crippen LogP contribution in [-0.4, -0.2) is 58.2 Å². The molecule has 3 rings (SSSR count). The number of carbonyl (C=O) groups is 1. The van der Waals surface area contributed by atoms with Crippen LogP contribution in [0.1, 0.15) is 29.8 Å². The van der Waals surface area contributed by atoms with E-state index >= 15 is 0 Å². The van der Waals surface area contributed by atoms with Gasteiger partial charge in [-0.15, -0.1) is 0 Å². The predicted molar refractivity (Wildman–Crippen MR) is 70.4 cm³/mol. The van der Waals surface area contributed by atoms with E-state index in [1.807, 2.05) is 0 Å². The minimum absolute atomic E-state index is 0.0598. The van der Waals surface area contributed by atoms with Crippen molar-refractivity contribution in [2.24, 2.45) is 0 Å². The van der Waals surface area contributed by atoms with Gasteiger partial charge in [-0.1, -0.05) is 0 Å². The van der Waals surface area contributed by atoms with Gasteiger partial charge in [-0.3, -0.25) is 4.90 Å². The van der Waals surface area contributed by atoms with E-state index in [4.69, 9.17) is 5.11 Å². The lowest BCUT2D eigenvalue weighted by atomic mass is 10.2. The van der Waals surface area contributed by atoms with E-state index in [0.717, 1.165) is 19.5 Å². The number of hydrogen-bond donors (Lipinski definition) is 1. The second-order valence-electron chi connectivity index (χ2n) is 5.17. The molecule has 0 saturated carbocycles. The minimum atomic E-state index is -1.01. The first-order chi connectivity index (χ1) is 9.25. The summed E-state index contributed by atoms with van der Waals surface area (Å²) < 4.78 is 0. The number of nitrogens with zero attached hydrogens (tertiary/aromatic N) is 4. The number of hydrogen-bond acceptors (Lipinski definition) is 5. The average molecular weight is 262 g/mol. The second kappa shape index (κ2) is 5.13. The highest BCUT2D eigenvalue weighted by molar-refractivity contribution is 5.91. The van der Waals surface area contributed by atoms with Crippen LogP contribution in [0.2, 0.25) is 0 Å². The zero-order chi connectivity index (χ0) is 13.2. The van der Waals surface area contributed by atoms with Crippen molar-refractivity contribution in [1.29, 1.82) is 0 Å². The molecule has 0 aromatic carbocycles. The molecule has 0 spiro atoms. The Morgan fingerprint density at radius 3 is 2.68 bits per heavy atom. The molecule has 0 aliphatic carbocycles. The molecule has 1 unspecified atom stereocenters. The molecule has 1 N–H and O–H groups in total. The van der Waals surface area contributed by atoms with Crippen LogP contribution in [0.25, 0.3) is 0 Å². The molecule has 1 aromatic rings. The summed E-state index contributed by atoms with van der Waals surface area (Å²) in [5.74, 6) is -0.496. The number of carboxylic acid groups (broad SMARTS) is 1. The van der Waals surface area contributed by atoms with Gasteiger partial charge >= 0.3 is 5.97 Å². The van der Waals surface area contributed by atoms with Crippen LogP contribution in [0.4, 0.5) is 5.82 Å². The van der Waals surface area contributed by atoms with Gasteiger partial charge in [0.25, 0.3) is 0 Å². The van der Waals surface area contributed by atoms with Crippen LogP contribution >= 0.6 is 0 Å². The average Bonchev–Trinajstić information content (AvgIpc) is 3.09. The molecule has 0 amide bonds. The Hall–Kier alpha value is -1.69. The smallest absolute Gasteiger partial charge is 0.358 e. The molecule has 0 bridgehead atoms. The molecule has 6 nitrogen and oxygen atoms in total. The van der Waals surface area contributed by atoms with Crippen LogP contribution in [0, 0.1) is 0 Å². The standard InChI is InChI=1S/C13H18N4O2/c18-13(19)11-12(15-5-4-14-11)17-8-3-10(9-17)16-6-1-2-7-16/h4-5,10H,1-3,6-9H2,(H,18,19). The molecule has 19 heavy (non-hydrogen) atoms. The fraction of sp³-hybridized carbons (Fsp3) is 0.615. The summed E-state index contributed by atoms with van der Waals surface area (Å²) in [6.45, 7) is 4.06.